The van der Waals surface area contributed by atoms with E-state index in [4.69, 9.17) is 15.2 Å². The first kappa shape index (κ1) is 21.4. The molecular weight excluding hydrogens is 410 g/mol. The topological polar surface area (TPSA) is 95.7 Å². The molecule has 3 N–H and O–H groups in total. The molecule has 0 saturated heterocycles. The van der Waals surface area contributed by atoms with Gasteiger partial charge >= 0.3 is 12.3 Å². The lowest BCUT2D eigenvalue weighted by Gasteiger charge is -2.15. The molecule has 1 aromatic heterocycles. The molecule has 0 aliphatic carbocycles. The molecule has 2 aromatic rings. The summed E-state index contributed by atoms with van der Waals surface area (Å²) in [6.45, 7) is -1.49. The predicted octanol–water partition coefficient (Wildman–Crippen LogP) is 3.35. The van der Waals surface area contributed by atoms with Crippen molar-refractivity contribution in [2.45, 2.75) is 12.3 Å². The number of hydrogen-bond acceptors (Lipinski definition) is 6. The molecular formula is C16H14ClF4N3O4. The number of aromatic nitrogens is 1. The Balaban J connectivity index is 0.00000280. The summed E-state index contributed by atoms with van der Waals surface area (Å²) >= 11 is 0. The van der Waals surface area contributed by atoms with Crippen LogP contribution in [0.2, 0.25) is 0 Å². The van der Waals surface area contributed by atoms with Crippen molar-refractivity contribution in [2.75, 3.05) is 24.5 Å². The summed E-state index contributed by atoms with van der Waals surface area (Å²) in [6, 6.07) is 5.34. The van der Waals surface area contributed by atoms with E-state index in [2.05, 4.69) is 15.0 Å². The van der Waals surface area contributed by atoms with Crippen molar-refractivity contribution in [2.24, 2.45) is 0 Å². The lowest BCUT2D eigenvalue weighted by molar-refractivity contribution is -0.148. The van der Waals surface area contributed by atoms with Gasteiger partial charge in [-0.25, -0.2) is 13.8 Å². The van der Waals surface area contributed by atoms with Crippen LogP contribution in [0.3, 0.4) is 0 Å². The maximum Gasteiger partial charge on any atom is 0.340 e. The number of carbonyl (C=O) groups excluding carboxylic acids is 1. The average Bonchev–Trinajstić information content (AvgIpc) is 3.07. The lowest BCUT2D eigenvalue weighted by Crippen LogP contribution is -2.33. The number of nitrogen functional groups attached to an aromatic ring is 1. The first-order valence-electron chi connectivity index (χ1n) is 7.51. The molecule has 1 aromatic carbocycles. The minimum absolute atomic E-state index is 0. The number of nitrogens with one attached hydrogen (secondary N) is 1. The Hall–Kier alpha value is -2.95. The van der Waals surface area contributed by atoms with Crippen LogP contribution in [0.5, 0.6) is 17.4 Å². The van der Waals surface area contributed by atoms with E-state index in [0.717, 1.165) is 12.3 Å². The van der Waals surface area contributed by atoms with Crippen LogP contribution < -0.4 is 25.3 Å². The average molecular weight is 424 g/mol. The highest BCUT2D eigenvalue weighted by atomic mass is 35.5. The third kappa shape index (κ3) is 4.66. The molecule has 0 radical (unpaired) electrons. The van der Waals surface area contributed by atoms with E-state index < -0.39 is 24.9 Å². The molecule has 0 fully saturated rings. The van der Waals surface area contributed by atoms with Gasteiger partial charge in [-0.2, -0.15) is 8.78 Å². The molecule has 12 heteroatoms. The van der Waals surface area contributed by atoms with Crippen molar-refractivity contribution in [3.63, 3.8) is 0 Å². The molecule has 3 rings (SSSR count). The highest BCUT2D eigenvalue weighted by molar-refractivity contribution is 6.05. The van der Waals surface area contributed by atoms with Gasteiger partial charge in [0.05, 0.1) is 16.9 Å². The molecule has 0 saturated carbocycles. The zero-order valence-corrected chi connectivity index (χ0v) is 14.8. The number of amides is 1. The number of nitrogens with zero attached hydrogens (tertiary/aromatic N) is 1. The second-order valence-corrected chi connectivity index (χ2v) is 5.48. The summed E-state index contributed by atoms with van der Waals surface area (Å²) in [5, 5.41) is 2.55. The predicted molar refractivity (Wildman–Crippen MR) is 92.9 cm³/mol. The Bertz CT molecular complexity index is 853. The van der Waals surface area contributed by atoms with E-state index >= 15 is 0 Å². The van der Waals surface area contributed by atoms with Gasteiger partial charge < -0.3 is 25.3 Å². The van der Waals surface area contributed by atoms with Gasteiger partial charge in [-0.15, -0.1) is 12.4 Å². The number of ether oxygens (including phenoxy) is 3. The standard InChI is InChI=1S/C16H13F4N3O4.ClH/c17-15(18)16(19,20)6-25-13-2-1-8(5-22-13)14(24)23-10-4-12-11(3-9(10)21)26-7-27-12;/h1-5,15H,6-7,21H2,(H,23,24);1H. The van der Waals surface area contributed by atoms with Crippen LogP contribution in [0.25, 0.3) is 0 Å². The molecule has 0 spiro atoms. The summed E-state index contributed by atoms with van der Waals surface area (Å²) in [5.74, 6) is -4.34. The van der Waals surface area contributed by atoms with E-state index in [1.165, 1.54) is 18.2 Å². The molecule has 0 bridgehead atoms. The second kappa shape index (κ2) is 8.38. The number of anilines is 2. The van der Waals surface area contributed by atoms with Gasteiger partial charge in [-0.05, 0) is 6.07 Å². The maximum absolute atomic E-state index is 12.8. The third-order valence-electron chi connectivity index (χ3n) is 3.52. The summed E-state index contributed by atoms with van der Waals surface area (Å²) < 4.78 is 64.7. The van der Waals surface area contributed by atoms with E-state index in [0.29, 0.717) is 11.5 Å². The number of fused-ring (bicyclic) bond motifs is 1. The van der Waals surface area contributed by atoms with Crippen LogP contribution >= 0.6 is 12.4 Å². The summed E-state index contributed by atoms with van der Waals surface area (Å²) in [4.78, 5) is 15.9. The van der Waals surface area contributed by atoms with Crippen LogP contribution in [0.4, 0.5) is 28.9 Å². The van der Waals surface area contributed by atoms with Gasteiger partial charge in [0.15, 0.2) is 18.1 Å². The molecule has 1 aliphatic rings. The number of alkyl halides is 4. The van der Waals surface area contributed by atoms with Crippen LogP contribution in [-0.2, 0) is 0 Å². The van der Waals surface area contributed by atoms with Crippen LogP contribution in [0.15, 0.2) is 30.5 Å². The minimum atomic E-state index is -4.30. The third-order valence-corrected chi connectivity index (χ3v) is 3.52. The number of hydrogen-bond donors (Lipinski definition) is 2. The number of benzene rings is 1. The van der Waals surface area contributed by atoms with Crippen molar-refractivity contribution >= 4 is 29.7 Å². The molecule has 2 heterocycles. The van der Waals surface area contributed by atoms with Crippen molar-refractivity contribution in [1.82, 2.24) is 4.98 Å². The zero-order valence-electron chi connectivity index (χ0n) is 14.0. The van der Waals surface area contributed by atoms with Crippen LogP contribution in [-0.4, -0.2) is 36.6 Å². The van der Waals surface area contributed by atoms with Crippen molar-refractivity contribution in [3.05, 3.63) is 36.0 Å². The number of pyridine rings is 1. The summed E-state index contributed by atoms with van der Waals surface area (Å²) in [6.07, 6.45) is -2.80. The molecule has 152 valence electrons. The Morgan fingerprint density at radius 2 is 1.96 bits per heavy atom. The molecule has 0 atom stereocenters. The zero-order chi connectivity index (χ0) is 19.6. The molecule has 1 aliphatic heterocycles. The first-order valence-corrected chi connectivity index (χ1v) is 7.51. The fourth-order valence-corrected chi connectivity index (χ4v) is 2.09. The van der Waals surface area contributed by atoms with Crippen molar-refractivity contribution in [3.8, 4) is 17.4 Å². The maximum atomic E-state index is 12.8. The van der Waals surface area contributed by atoms with Gasteiger partial charge in [0.25, 0.3) is 5.91 Å². The van der Waals surface area contributed by atoms with E-state index in [1.54, 1.807) is 0 Å². The van der Waals surface area contributed by atoms with Gasteiger partial charge in [0.1, 0.15) is 0 Å². The Morgan fingerprint density at radius 3 is 2.57 bits per heavy atom. The minimum Gasteiger partial charge on any atom is -0.471 e. The molecule has 28 heavy (non-hydrogen) atoms. The van der Waals surface area contributed by atoms with Crippen LogP contribution in [0, 0.1) is 0 Å². The van der Waals surface area contributed by atoms with E-state index in [1.807, 2.05) is 0 Å². The number of rotatable bonds is 6. The van der Waals surface area contributed by atoms with E-state index in [-0.39, 0.29) is 42.0 Å². The van der Waals surface area contributed by atoms with Crippen LogP contribution in [0.1, 0.15) is 10.4 Å². The number of carbonyl (C=O) groups is 1. The monoisotopic (exact) mass is 423 g/mol. The Labute approximate surface area is 162 Å². The fraction of sp³-hybridized carbons (Fsp3) is 0.250. The van der Waals surface area contributed by atoms with Gasteiger partial charge in [-0.1, -0.05) is 0 Å². The SMILES string of the molecule is Cl.Nc1cc2c(cc1NC(=O)c1ccc(OCC(F)(F)C(F)F)nc1)OCO2. The number of nitrogens with two attached hydrogens (primary N) is 1. The smallest absolute Gasteiger partial charge is 0.340 e. The quantitative estimate of drug-likeness (QED) is 0.546. The van der Waals surface area contributed by atoms with Crippen molar-refractivity contribution < 1.29 is 36.6 Å². The molecule has 1 amide bonds. The summed E-state index contributed by atoms with van der Waals surface area (Å²) in [5.41, 5.74) is 6.42. The first-order chi connectivity index (χ1) is 12.8. The van der Waals surface area contributed by atoms with E-state index in [9.17, 15) is 22.4 Å². The summed E-state index contributed by atoms with van der Waals surface area (Å²) in [7, 11) is 0. The second-order valence-electron chi connectivity index (χ2n) is 5.48. The number of halogens is 5. The molecule has 0 unspecified atom stereocenters. The van der Waals surface area contributed by atoms with Gasteiger partial charge in [0.2, 0.25) is 12.7 Å². The van der Waals surface area contributed by atoms with Gasteiger partial charge in [-0.3, -0.25) is 4.79 Å². The van der Waals surface area contributed by atoms with Crippen molar-refractivity contribution in [1.29, 1.82) is 0 Å². The highest BCUT2D eigenvalue weighted by Crippen LogP contribution is 2.38. The highest BCUT2D eigenvalue weighted by Gasteiger charge is 2.41. The molecule has 7 nitrogen and oxygen atoms in total. The largest absolute Gasteiger partial charge is 0.471 e. The normalized spacial score (nSPS) is 12.5. The fourth-order valence-electron chi connectivity index (χ4n) is 2.09. The van der Waals surface area contributed by atoms with Gasteiger partial charge in [0, 0.05) is 24.4 Å². The Kier molecular flexibility index (Phi) is 6.39. The lowest BCUT2D eigenvalue weighted by atomic mass is 10.2. The Morgan fingerprint density at radius 1 is 1.29 bits per heavy atom.